The number of hydrogen-bond donors (Lipinski definition) is 3. The number of carbonyl (C=O) groups excluding carboxylic acids is 2. The SMILES string of the molecule is CCc1ccc(C(=O)NCCCNC(=O)c2cc3ccccc3[nH]2)cc1. The normalized spacial score (nSPS) is 10.7. The van der Waals surface area contributed by atoms with E-state index in [0.717, 1.165) is 17.3 Å². The van der Waals surface area contributed by atoms with Crippen LogP contribution < -0.4 is 10.6 Å². The number of carbonyl (C=O) groups is 2. The van der Waals surface area contributed by atoms with Crippen LogP contribution in [0.5, 0.6) is 0 Å². The number of hydrogen-bond acceptors (Lipinski definition) is 2. The zero-order valence-electron chi connectivity index (χ0n) is 14.8. The summed E-state index contributed by atoms with van der Waals surface area (Å²) < 4.78 is 0. The van der Waals surface area contributed by atoms with Crippen molar-refractivity contribution in [2.24, 2.45) is 0 Å². The Labute approximate surface area is 152 Å². The van der Waals surface area contributed by atoms with E-state index in [-0.39, 0.29) is 11.8 Å². The number of amides is 2. The molecule has 2 amide bonds. The molecule has 5 heteroatoms. The molecule has 0 aliphatic rings. The van der Waals surface area contributed by atoms with Crippen LogP contribution in [0.4, 0.5) is 0 Å². The zero-order chi connectivity index (χ0) is 18.4. The predicted octanol–water partition coefficient (Wildman–Crippen LogP) is 3.28. The van der Waals surface area contributed by atoms with Crippen molar-refractivity contribution in [1.82, 2.24) is 15.6 Å². The fraction of sp³-hybridized carbons (Fsp3) is 0.238. The van der Waals surface area contributed by atoms with E-state index in [0.29, 0.717) is 30.8 Å². The summed E-state index contributed by atoms with van der Waals surface area (Å²) in [5.41, 5.74) is 3.36. The van der Waals surface area contributed by atoms with Crippen molar-refractivity contribution in [1.29, 1.82) is 0 Å². The topological polar surface area (TPSA) is 74.0 Å². The monoisotopic (exact) mass is 349 g/mol. The van der Waals surface area contributed by atoms with E-state index in [1.807, 2.05) is 54.6 Å². The van der Waals surface area contributed by atoms with Gasteiger partial charge in [-0.1, -0.05) is 37.3 Å². The lowest BCUT2D eigenvalue weighted by molar-refractivity contribution is 0.0948. The van der Waals surface area contributed by atoms with Crippen molar-refractivity contribution in [3.63, 3.8) is 0 Å². The molecule has 3 aromatic rings. The lowest BCUT2D eigenvalue weighted by Gasteiger charge is -2.07. The fourth-order valence-corrected chi connectivity index (χ4v) is 2.78. The number of fused-ring (bicyclic) bond motifs is 1. The lowest BCUT2D eigenvalue weighted by Crippen LogP contribution is -2.30. The van der Waals surface area contributed by atoms with Crippen molar-refractivity contribution in [2.45, 2.75) is 19.8 Å². The number of benzene rings is 2. The summed E-state index contributed by atoms with van der Waals surface area (Å²) in [6.45, 7) is 3.10. The molecule has 3 N–H and O–H groups in total. The molecule has 0 saturated carbocycles. The summed E-state index contributed by atoms with van der Waals surface area (Å²) in [5, 5.41) is 6.75. The molecule has 0 fully saturated rings. The Hall–Kier alpha value is -3.08. The van der Waals surface area contributed by atoms with Crippen molar-refractivity contribution < 1.29 is 9.59 Å². The van der Waals surface area contributed by atoms with Gasteiger partial charge in [0, 0.05) is 29.6 Å². The fourth-order valence-electron chi connectivity index (χ4n) is 2.78. The van der Waals surface area contributed by atoms with Crippen LogP contribution in [-0.2, 0) is 6.42 Å². The third-order valence-corrected chi connectivity index (χ3v) is 4.32. The molecule has 134 valence electrons. The second kappa shape index (κ2) is 8.34. The van der Waals surface area contributed by atoms with Crippen LogP contribution in [0.15, 0.2) is 54.6 Å². The van der Waals surface area contributed by atoms with E-state index in [4.69, 9.17) is 0 Å². The summed E-state index contributed by atoms with van der Waals surface area (Å²) in [6.07, 6.45) is 1.63. The molecule has 2 aromatic carbocycles. The van der Waals surface area contributed by atoms with E-state index in [9.17, 15) is 9.59 Å². The Morgan fingerprint density at radius 3 is 2.31 bits per heavy atom. The van der Waals surface area contributed by atoms with Gasteiger partial charge in [-0.15, -0.1) is 0 Å². The van der Waals surface area contributed by atoms with E-state index in [2.05, 4.69) is 22.5 Å². The third kappa shape index (κ3) is 4.30. The Bertz CT molecular complexity index is 864. The van der Waals surface area contributed by atoms with Gasteiger partial charge in [0.25, 0.3) is 11.8 Å². The number of para-hydroxylation sites is 1. The second-order valence-corrected chi connectivity index (χ2v) is 6.19. The maximum Gasteiger partial charge on any atom is 0.267 e. The average Bonchev–Trinajstić information content (AvgIpc) is 3.12. The van der Waals surface area contributed by atoms with Gasteiger partial charge in [0.05, 0.1) is 0 Å². The molecule has 1 aromatic heterocycles. The van der Waals surface area contributed by atoms with Crippen LogP contribution in [-0.4, -0.2) is 29.9 Å². The molecule has 0 saturated heterocycles. The van der Waals surface area contributed by atoms with Crippen LogP contribution >= 0.6 is 0 Å². The first-order valence-corrected chi connectivity index (χ1v) is 8.90. The average molecular weight is 349 g/mol. The van der Waals surface area contributed by atoms with Gasteiger partial charge in [-0.2, -0.15) is 0 Å². The van der Waals surface area contributed by atoms with Gasteiger partial charge in [-0.05, 0) is 42.7 Å². The van der Waals surface area contributed by atoms with Crippen molar-refractivity contribution in [3.05, 3.63) is 71.4 Å². The lowest BCUT2D eigenvalue weighted by atomic mass is 10.1. The first-order valence-electron chi connectivity index (χ1n) is 8.90. The van der Waals surface area contributed by atoms with Gasteiger partial charge < -0.3 is 15.6 Å². The molecule has 0 unspecified atom stereocenters. The Balaban J connectivity index is 1.40. The van der Waals surface area contributed by atoms with Crippen molar-refractivity contribution >= 4 is 22.7 Å². The standard InChI is InChI=1S/C21H23N3O2/c1-2-15-8-10-16(11-9-15)20(25)22-12-5-13-23-21(26)19-14-17-6-3-4-7-18(17)24-19/h3-4,6-11,14,24H,2,5,12-13H2,1H3,(H,22,25)(H,23,26). The smallest absolute Gasteiger partial charge is 0.267 e. The van der Waals surface area contributed by atoms with E-state index < -0.39 is 0 Å². The number of aryl methyl sites for hydroxylation is 1. The van der Waals surface area contributed by atoms with E-state index in [1.165, 1.54) is 5.56 Å². The summed E-state index contributed by atoms with van der Waals surface area (Å²) in [7, 11) is 0. The van der Waals surface area contributed by atoms with Gasteiger partial charge in [-0.3, -0.25) is 9.59 Å². The Morgan fingerprint density at radius 2 is 1.62 bits per heavy atom. The maximum absolute atomic E-state index is 12.2. The molecule has 1 heterocycles. The van der Waals surface area contributed by atoms with Gasteiger partial charge in [0.2, 0.25) is 0 Å². The van der Waals surface area contributed by atoms with E-state index >= 15 is 0 Å². The highest BCUT2D eigenvalue weighted by atomic mass is 16.2. The van der Waals surface area contributed by atoms with Crippen molar-refractivity contribution in [2.75, 3.05) is 13.1 Å². The van der Waals surface area contributed by atoms with E-state index in [1.54, 1.807) is 0 Å². The van der Waals surface area contributed by atoms with Crippen LogP contribution in [0.25, 0.3) is 10.9 Å². The highest BCUT2D eigenvalue weighted by molar-refractivity contribution is 5.98. The van der Waals surface area contributed by atoms with Gasteiger partial charge >= 0.3 is 0 Å². The highest BCUT2D eigenvalue weighted by Crippen LogP contribution is 2.14. The Morgan fingerprint density at radius 1 is 0.923 bits per heavy atom. The molecule has 5 nitrogen and oxygen atoms in total. The molecule has 0 aliphatic carbocycles. The number of rotatable bonds is 7. The van der Waals surface area contributed by atoms with Crippen molar-refractivity contribution in [3.8, 4) is 0 Å². The zero-order valence-corrected chi connectivity index (χ0v) is 14.8. The van der Waals surface area contributed by atoms with Gasteiger partial charge in [0.15, 0.2) is 0 Å². The van der Waals surface area contributed by atoms with Gasteiger partial charge in [-0.25, -0.2) is 0 Å². The Kier molecular flexibility index (Phi) is 5.69. The second-order valence-electron chi connectivity index (χ2n) is 6.19. The molecule has 0 aliphatic heterocycles. The summed E-state index contributed by atoms with van der Waals surface area (Å²) >= 11 is 0. The first kappa shape index (κ1) is 17.7. The molecule has 0 spiro atoms. The molecular formula is C21H23N3O2. The minimum Gasteiger partial charge on any atom is -0.352 e. The quantitative estimate of drug-likeness (QED) is 0.573. The number of aromatic nitrogens is 1. The van der Waals surface area contributed by atoms with Crippen LogP contribution in [0, 0.1) is 0 Å². The maximum atomic E-state index is 12.2. The number of H-pyrrole nitrogens is 1. The molecule has 0 radical (unpaired) electrons. The summed E-state index contributed by atoms with van der Waals surface area (Å²) in [5.74, 6) is -0.225. The molecule has 26 heavy (non-hydrogen) atoms. The minimum absolute atomic E-state index is 0.0883. The summed E-state index contributed by atoms with van der Waals surface area (Å²) in [6, 6.07) is 17.2. The number of nitrogens with one attached hydrogen (secondary N) is 3. The summed E-state index contributed by atoms with van der Waals surface area (Å²) in [4.78, 5) is 27.3. The molecule has 0 bridgehead atoms. The third-order valence-electron chi connectivity index (χ3n) is 4.32. The first-order chi connectivity index (χ1) is 12.7. The largest absolute Gasteiger partial charge is 0.352 e. The molecular weight excluding hydrogens is 326 g/mol. The van der Waals surface area contributed by atoms with Crippen LogP contribution in [0.1, 0.15) is 39.8 Å². The molecule has 3 rings (SSSR count). The minimum atomic E-state index is -0.136. The molecule has 0 atom stereocenters. The highest BCUT2D eigenvalue weighted by Gasteiger charge is 2.09. The van der Waals surface area contributed by atoms with Crippen LogP contribution in [0.3, 0.4) is 0 Å². The number of aromatic amines is 1. The van der Waals surface area contributed by atoms with Crippen LogP contribution in [0.2, 0.25) is 0 Å². The van der Waals surface area contributed by atoms with Gasteiger partial charge in [0.1, 0.15) is 5.69 Å². The predicted molar refractivity (Wildman–Crippen MR) is 103 cm³/mol.